The van der Waals surface area contributed by atoms with Gasteiger partial charge in [0.15, 0.2) is 6.61 Å². The molecule has 2 aliphatic rings. The van der Waals surface area contributed by atoms with Crippen LogP contribution in [0.4, 0.5) is 0 Å². The molecule has 1 saturated heterocycles. The molecule has 1 heterocycles. The van der Waals surface area contributed by atoms with Crippen molar-refractivity contribution in [2.75, 3.05) is 26.2 Å². The second-order valence-electron chi connectivity index (χ2n) is 8.31. The van der Waals surface area contributed by atoms with Crippen molar-refractivity contribution in [2.45, 2.75) is 64.3 Å². The largest absolute Gasteiger partial charge is 0.483 e. The van der Waals surface area contributed by atoms with Crippen molar-refractivity contribution >= 4 is 24.2 Å². The summed E-state index contributed by atoms with van der Waals surface area (Å²) in [6.07, 6.45) is 7.41. The van der Waals surface area contributed by atoms with Crippen LogP contribution in [0.25, 0.3) is 0 Å². The molecule has 1 aromatic carbocycles. The first-order chi connectivity index (χ1) is 13.4. The van der Waals surface area contributed by atoms with Crippen LogP contribution in [0.5, 0.6) is 5.75 Å². The highest BCUT2D eigenvalue weighted by Crippen LogP contribution is 2.30. The van der Waals surface area contributed by atoms with Crippen molar-refractivity contribution in [1.82, 2.24) is 10.2 Å². The average Bonchev–Trinajstić information content (AvgIpc) is 3.16. The van der Waals surface area contributed by atoms with Crippen molar-refractivity contribution in [2.24, 2.45) is 5.73 Å². The predicted molar refractivity (Wildman–Crippen MR) is 117 cm³/mol. The van der Waals surface area contributed by atoms with Crippen molar-refractivity contribution in [3.8, 4) is 5.75 Å². The minimum atomic E-state index is -0.269. The van der Waals surface area contributed by atoms with Gasteiger partial charge in [-0.2, -0.15) is 0 Å². The maximum Gasteiger partial charge on any atom is 0.260 e. The third-order valence-electron chi connectivity index (χ3n) is 6.10. The van der Waals surface area contributed by atoms with E-state index in [1.807, 2.05) is 30.9 Å². The molecular formula is C22H34ClN3O3. The number of hydrogen-bond acceptors (Lipinski definition) is 4. The number of piperidine rings is 1. The number of amides is 2. The summed E-state index contributed by atoms with van der Waals surface area (Å²) in [6, 6.07) is 3.67. The first-order valence-corrected chi connectivity index (χ1v) is 10.5. The van der Waals surface area contributed by atoms with Crippen molar-refractivity contribution in [1.29, 1.82) is 0 Å². The third kappa shape index (κ3) is 5.64. The quantitative estimate of drug-likeness (QED) is 0.736. The Morgan fingerprint density at radius 1 is 1.07 bits per heavy atom. The first kappa shape index (κ1) is 23.5. The molecule has 0 unspecified atom stereocenters. The van der Waals surface area contributed by atoms with E-state index in [4.69, 9.17) is 10.5 Å². The predicted octanol–water partition coefficient (Wildman–Crippen LogP) is 3.12. The van der Waals surface area contributed by atoms with Crippen LogP contribution >= 0.6 is 12.4 Å². The van der Waals surface area contributed by atoms with Gasteiger partial charge in [0.2, 0.25) is 0 Å². The molecule has 6 nitrogen and oxygen atoms in total. The average molecular weight is 424 g/mol. The Bertz CT molecular complexity index is 703. The highest BCUT2D eigenvalue weighted by molar-refractivity contribution is 5.95. The number of aryl methyl sites for hydroxylation is 2. The van der Waals surface area contributed by atoms with E-state index in [0.29, 0.717) is 17.9 Å². The molecule has 2 fully saturated rings. The van der Waals surface area contributed by atoms with Crippen molar-refractivity contribution in [3.63, 3.8) is 0 Å². The molecule has 1 saturated carbocycles. The van der Waals surface area contributed by atoms with Crippen molar-refractivity contribution in [3.05, 3.63) is 28.8 Å². The maximum absolute atomic E-state index is 12.8. The highest BCUT2D eigenvalue weighted by Gasteiger charge is 2.34. The summed E-state index contributed by atoms with van der Waals surface area (Å²) in [5.41, 5.74) is 8.02. The van der Waals surface area contributed by atoms with Gasteiger partial charge in [0.1, 0.15) is 5.75 Å². The number of ether oxygens (including phenoxy) is 1. The Morgan fingerprint density at radius 3 is 2.21 bits per heavy atom. The number of nitrogens with one attached hydrogen (secondary N) is 1. The Hall–Kier alpha value is -1.79. The molecule has 3 N–H and O–H groups in total. The van der Waals surface area contributed by atoms with Crippen LogP contribution in [-0.4, -0.2) is 48.5 Å². The SMILES string of the molecule is Cc1cc(C(=O)NC2(CN)CCCC2)cc(C)c1OCC(=O)N1CCCCC1.Cl. The number of benzene rings is 1. The molecule has 0 aromatic heterocycles. The van der Waals surface area contributed by atoms with Crippen LogP contribution < -0.4 is 15.8 Å². The third-order valence-corrected chi connectivity index (χ3v) is 6.10. The van der Waals surface area contributed by atoms with Gasteiger partial charge in [-0.25, -0.2) is 0 Å². The Labute approximate surface area is 179 Å². The summed E-state index contributed by atoms with van der Waals surface area (Å²) in [5, 5.41) is 3.16. The van der Waals surface area contributed by atoms with Gasteiger partial charge in [0.25, 0.3) is 11.8 Å². The smallest absolute Gasteiger partial charge is 0.260 e. The molecule has 0 radical (unpaired) electrons. The Balaban J connectivity index is 0.00000300. The lowest BCUT2D eigenvalue weighted by Crippen LogP contribution is -2.51. The van der Waals surface area contributed by atoms with E-state index in [1.54, 1.807) is 0 Å². The van der Waals surface area contributed by atoms with Crippen LogP contribution in [0.3, 0.4) is 0 Å². The fraction of sp³-hybridized carbons (Fsp3) is 0.636. The van der Waals surface area contributed by atoms with E-state index >= 15 is 0 Å². The summed E-state index contributed by atoms with van der Waals surface area (Å²) in [7, 11) is 0. The van der Waals surface area contributed by atoms with E-state index in [9.17, 15) is 9.59 Å². The molecule has 0 spiro atoms. The summed E-state index contributed by atoms with van der Waals surface area (Å²) < 4.78 is 5.85. The fourth-order valence-electron chi connectivity index (χ4n) is 4.42. The molecule has 7 heteroatoms. The molecule has 3 rings (SSSR count). The zero-order valence-corrected chi connectivity index (χ0v) is 18.4. The van der Waals surface area contributed by atoms with Crippen LogP contribution in [0.15, 0.2) is 12.1 Å². The second kappa shape index (κ2) is 10.3. The van der Waals surface area contributed by atoms with Gasteiger partial charge in [-0.15, -0.1) is 12.4 Å². The summed E-state index contributed by atoms with van der Waals surface area (Å²) in [5.74, 6) is 0.636. The number of carbonyl (C=O) groups is 2. The van der Waals surface area contributed by atoms with E-state index in [1.165, 1.54) is 6.42 Å². The number of rotatable bonds is 6. The van der Waals surface area contributed by atoms with Crippen molar-refractivity contribution < 1.29 is 14.3 Å². The zero-order valence-electron chi connectivity index (χ0n) is 17.6. The first-order valence-electron chi connectivity index (χ1n) is 10.5. The molecule has 1 aromatic rings. The van der Waals surface area contributed by atoms with Gasteiger partial charge in [-0.05, 0) is 69.2 Å². The number of carbonyl (C=O) groups excluding carboxylic acids is 2. The van der Waals surface area contributed by atoms with E-state index in [2.05, 4.69) is 5.32 Å². The lowest BCUT2D eigenvalue weighted by atomic mass is 9.96. The molecule has 0 bridgehead atoms. The fourth-order valence-corrected chi connectivity index (χ4v) is 4.42. The zero-order chi connectivity index (χ0) is 20.1. The Morgan fingerprint density at radius 2 is 1.66 bits per heavy atom. The molecule has 1 aliphatic carbocycles. The van der Waals surface area contributed by atoms with Gasteiger partial charge in [0.05, 0.1) is 5.54 Å². The number of nitrogens with zero attached hydrogens (tertiary/aromatic N) is 1. The van der Waals surface area contributed by atoms with Crippen LogP contribution in [-0.2, 0) is 4.79 Å². The second-order valence-corrected chi connectivity index (χ2v) is 8.31. The molecule has 0 atom stereocenters. The van der Waals surface area contributed by atoms with Gasteiger partial charge < -0.3 is 20.7 Å². The molecular weight excluding hydrogens is 390 g/mol. The van der Waals surface area contributed by atoms with E-state index in [0.717, 1.165) is 62.7 Å². The molecule has 2 amide bonds. The minimum Gasteiger partial charge on any atom is -0.483 e. The maximum atomic E-state index is 12.8. The highest BCUT2D eigenvalue weighted by atomic mass is 35.5. The number of hydrogen-bond donors (Lipinski definition) is 2. The van der Waals surface area contributed by atoms with E-state index < -0.39 is 0 Å². The molecule has 162 valence electrons. The van der Waals surface area contributed by atoms with Gasteiger partial charge in [0, 0.05) is 25.2 Å². The van der Waals surface area contributed by atoms with Gasteiger partial charge >= 0.3 is 0 Å². The van der Waals surface area contributed by atoms with Crippen LogP contribution in [0.1, 0.15) is 66.4 Å². The lowest BCUT2D eigenvalue weighted by Gasteiger charge is -2.29. The Kier molecular flexibility index (Phi) is 8.34. The number of nitrogens with two attached hydrogens (primary N) is 1. The molecule has 1 aliphatic heterocycles. The van der Waals surface area contributed by atoms with Gasteiger partial charge in [-0.3, -0.25) is 9.59 Å². The summed E-state index contributed by atoms with van der Waals surface area (Å²) >= 11 is 0. The van der Waals surface area contributed by atoms with Gasteiger partial charge in [-0.1, -0.05) is 12.8 Å². The monoisotopic (exact) mass is 423 g/mol. The summed E-state index contributed by atoms with van der Waals surface area (Å²) in [4.78, 5) is 27.0. The normalized spacial score (nSPS) is 18.1. The number of halogens is 1. The minimum absolute atomic E-state index is 0. The van der Waals surface area contributed by atoms with Crippen LogP contribution in [0.2, 0.25) is 0 Å². The number of likely N-dealkylation sites (tertiary alicyclic amines) is 1. The molecule has 29 heavy (non-hydrogen) atoms. The topological polar surface area (TPSA) is 84.7 Å². The van der Waals surface area contributed by atoms with E-state index in [-0.39, 0.29) is 36.4 Å². The summed E-state index contributed by atoms with van der Waals surface area (Å²) in [6.45, 7) is 5.99. The standard InChI is InChI=1S/C22H33N3O3.ClH/c1-16-12-18(21(27)24-22(15-23)8-4-5-9-22)13-17(2)20(16)28-14-19(26)25-10-6-3-7-11-25;/h12-13H,3-11,14-15,23H2,1-2H3,(H,24,27);1H. The van der Waals surface area contributed by atoms with Crippen LogP contribution in [0, 0.1) is 13.8 Å². The lowest BCUT2D eigenvalue weighted by molar-refractivity contribution is -0.134.